The highest BCUT2D eigenvalue weighted by Gasteiger charge is 2.27. The molecule has 0 N–H and O–H groups in total. The van der Waals surface area contributed by atoms with Crippen LogP contribution >= 0.6 is 0 Å². The van der Waals surface area contributed by atoms with Gasteiger partial charge in [0.25, 0.3) is 6.04 Å². The number of hydrogen-bond acceptors (Lipinski definition) is 7. The number of hydrogen-bond donors (Lipinski definition) is 0. The summed E-state index contributed by atoms with van der Waals surface area (Å²) in [6, 6.07) is 4.25. The van der Waals surface area contributed by atoms with Gasteiger partial charge in [-0.05, 0) is 31.2 Å². The van der Waals surface area contributed by atoms with Gasteiger partial charge in [-0.25, -0.2) is 4.79 Å². The molecule has 0 fully saturated rings. The second-order valence-corrected chi connectivity index (χ2v) is 4.68. The van der Waals surface area contributed by atoms with Crippen molar-refractivity contribution in [3.05, 3.63) is 52.1 Å². The van der Waals surface area contributed by atoms with Crippen molar-refractivity contribution in [2.75, 3.05) is 6.61 Å². The lowest BCUT2D eigenvalue weighted by atomic mass is 10.2. The Bertz CT molecular complexity index is 621. The minimum Gasteiger partial charge on any atom is -0.455 e. The van der Waals surface area contributed by atoms with E-state index in [1.807, 2.05) is 0 Å². The van der Waals surface area contributed by atoms with Gasteiger partial charge in [-0.15, -0.1) is 0 Å². The Morgan fingerprint density at radius 3 is 2.43 bits per heavy atom. The minimum absolute atomic E-state index is 0.102. The second kappa shape index (κ2) is 8.42. The van der Waals surface area contributed by atoms with Gasteiger partial charge in [0.05, 0.1) is 0 Å². The summed E-state index contributed by atoms with van der Waals surface area (Å²) in [6.45, 7) is 4.19. The Hall–Kier alpha value is -3.03. The molecule has 8 heteroatoms. The zero-order valence-electron chi connectivity index (χ0n) is 12.4. The molecule has 0 aliphatic rings. The van der Waals surface area contributed by atoms with E-state index in [4.69, 9.17) is 4.74 Å². The van der Waals surface area contributed by atoms with Crippen molar-refractivity contribution in [2.45, 2.75) is 19.4 Å². The lowest BCUT2D eigenvalue weighted by Gasteiger charge is -2.10. The van der Waals surface area contributed by atoms with Crippen molar-refractivity contribution in [3.63, 3.8) is 0 Å². The average Bonchev–Trinajstić information content (AvgIpc) is 2.51. The van der Waals surface area contributed by atoms with Crippen LogP contribution < -0.4 is 4.74 Å². The van der Waals surface area contributed by atoms with Crippen LogP contribution in [0.4, 0.5) is 0 Å². The summed E-state index contributed by atoms with van der Waals surface area (Å²) in [4.78, 5) is 43.6. The Balaban J connectivity index is 2.59. The molecule has 1 aromatic rings. The van der Waals surface area contributed by atoms with Crippen LogP contribution in [0, 0.1) is 10.1 Å². The number of carbonyl (C=O) groups is 3. The number of rotatable bonds is 8. The van der Waals surface area contributed by atoms with E-state index in [9.17, 15) is 24.5 Å². The predicted molar refractivity (Wildman–Crippen MR) is 78.6 cm³/mol. The number of nitrogens with zero attached hydrogens (tertiary/aromatic N) is 1. The van der Waals surface area contributed by atoms with E-state index in [1.165, 1.54) is 31.2 Å². The molecular weight excluding hydrogens is 306 g/mol. The fourth-order valence-corrected chi connectivity index (χ4v) is 1.47. The smallest absolute Gasteiger partial charge is 0.333 e. The van der Waals surface area contributed by atoms with Gasteiger partial charge >= 0.3 is 11.9 Å². The summed E-state index contributed by atoms with van der Waals surface area (Å²) in [6.07, 6.45) is 0.0657. The van der Waals surface area contributed by atoms with Gasteiger partial charge in [-0.1, -0.05) is 6.58 Å². The van der Waals surface area contributed by atoms with E-state index in [-0.39, 0.29) is 11.3 Å². The van der Waals surface area contributed by atoms with E-state index in [0.717, 1.165) is 0 Å². The Morgan fingerprint density at radius 2 is 1.96 bits per heavy atom. The molecule has 0 radical (unpaired) electrons. The van der Waals surface area contributed by atoms with Gasteiger partial charge in [0, 0.05) is 16.1 Å². The fraction of sp³-hybridized carbons (Fsp3) is 0.267. The van der Waals surface area contributed by atoms with Crippen LogP contribution in [0.1, 0.15) is 23.7 Å². The molecule has 0 aromatic heterocycles. The van der Waals surface area contributed by atoms with E-state index >= 15 is 0 Å². The summed E-state index contributed by atoms with van der Waals surface area (Å²) >= 11 is 0. The Labute approximate surface area is 131 Å². The van der Waals surface area contributed by atoms with Crippen molar-refractivity contribution in [1.82, 2.24) is 0 Å². The SMILES string of the molecule is C=C(C)C(=O)OCC(CC(=O)Oc1ccc(C=O)cc1)[N+](=O)[O-]. The van der Waals surface area contributed by atoms with E-state index in [0.29, 0.717) is 11.8 Å². The summed E-state index contributed by atoms with van der Waals surface area (Å²) < 4.78 is 9.61. The van der Waals surface area contributed by atoms with Crippen LogP contribution in [-0.4, -0.2) is 35.8 Å². The molecule has 0 bridgehead atoms. The normalized spacial score (nSPS) is 11.2. The molecule has 0 spiro atoms. The van der Waals surface area contributed by atoms with Crippen molar-refractivity contribution >= 4 is 18.2 Å². The minimum atomic E-state index is -1.42. The number of benzene rings is 1. The summed E-state index contributed by atoms with van der Waals surface area (Å²) in [5, 5.41) is 10.9. The van der Waals surface area contributed by atoms with Gasteiger partial charge in [-0.3, -0.25) is 19.7 Å². The van der Waals surface area contributed by atoms with Crippen LogP contribution in [-0.2, 0) is 14.3 Å². The lowest BCUT2D eigenvalue weighted by molar-refractivity contribution is -0.524. The molecule has 1 aromatic carbocycles. The number of carbonyl (C=O) groups excluding carboxylic acids is 3. The first-order chi connectivity index (χ1) is 10.8. The third kappa shape index (κ3) is 6.08. The summed E-state index contributed by atoms with van der Waals surface area (Å²) in [7, 11) is 0. The van der Waals surface area contributed by atoms with Gasteiger partial charge in [-0.2, -0.15) is 0 Å². The molecule has 0 saturated carbocycles. The summed E-state index contributed by atoms with van der Waals surface area (Å²) in [5.74, 6) is -1.46. The molecule has 122 valence electrons. The zero-order chi connectivity index (χ0) is 17.4. The van der Waals surface area contributed by atoms with E-state index < -0.39 is 35.9 Å². The largest absolute Gasteiger partial charge is 0.455 e. The van der Waals surface area contributed by atoms with Crippen molar-refractivity contribution < 1.29 is 28.8 Å². The lowest BCUT2D eigenvalue weighted by Crippen LogP contribution is -2.31. The van der Waals surface area contributed by atoms with Crippen molar-refractivity contribution in [1.29, 1.82) is 0 Å². The van der Waals surface area contributed by atoms with Crippen molar-refractivity contribution in [2.24, 2.45) is 0 Å². The zero-order valence-corrected chi connectivity index (χ0v) is 12.4. The standard InChI is InChI=1S/C15H15NO7/c1-10(2)15(19)22-9-12(16(20)21)7-14(18)23-13-5-3-11(8-17)4-6-13/h3-6,8,12H,1,7,9H2,2H3. The number of ether oxygens (including phenoxy) is 2. The van der Waals surface area contributed by atoms with Crippen LogP contribution in [0.15, 0.2) is 36.4 Å². The molecular formula is C15H15NO7. The highest BCUT2D eigenvalue weighted by atomic mass is 16.6. The number of aldehydes is 1. The quantitative estimate of drug-likeness (QED) is 0.178. The maximum atomic E-state index is 11.7. The maximum absolute atomic E-state index is 11.7. The van der Waals surface area contributed by atoms with Gasteiger partial charge in [0.2, 0.25) is 0 Å². The number of nitro groups is 1. The third-order valence-electron chi connectivity index (χ3n) is 2.70. The topological polar surface area (TPSA) is 113 Å². The molecule has 1 rings (SSSR count). The van der Waals surface area contributed by atoms with E-state index in [2.05, 4.69) is 11.3 Å². The third-order valence-corrected chi connectivity index (χ3v) is 2.70. The van der Waals surface area contributed by atoms with E-state index in [1.54, 1.807) is 0 Å². The Morgan fingerprint density at radius 1 is 1.35 bits per heavy atom. The molecule has 0 heterocycles. The molecule has 8 nitrogen and oxygen atoms in total. The number of esters is 2. The van der Waals surface area contributed by atoms with Crippen LogP contribution in [0.5, 0.6) is 5.75 Å². The van der Waals surface area contributed by atoms with Crippen LogP contribution in [0.2, 0.25) is 0 Å². The monoisotopic (exact) mass is 321 g/mol. The Kier molecular flexibility index (Phi) is 6.60. The van der Waals surface area contributed by atoms with Gasteiger partial charge < -0.3 is 9.47 Å². The molecule has 0 aliphatic carbocycles. The highest BCUT2D eigenvalue weighted by Crippen LogP contribution is 2.13. The molecule has 23 heavy (non-hydrogen) atoms. The molecule has 0 amide bonds. The second-order valence-electron chi connectivity index (χ2n) is 4.68. The first kappa shape index (κ1) is 18.0. The molecule has 1 atom stereocenters. The van der Waals surface area contributed by atoms with Gasteiger partial charge in [0.1, 0.15) is 18.5 Å². The molecule has 0 aliphatic heterocycles. The van der Waals surface area contributed by atoms with Crippen LogP contribution in [0.25, 0.3) is 0 Å². The molecule has 0 saturated heterocycles. The van der Waals surface area contributed by atoms with Crippen molar-refractivity contribution in [3.8, 4) is 5.75 Å². The fourth-order valence-electron chi connectivity index (χ4n) is 1.47. The van der Waals surface area contributed by atoms with Crippen LogP contribution in [0.3, 0.4) is 0 Å². The summed E-state index contributed by atoms with van der Waals surface area (Å²) in [5.41, 5.74) is 0.504. The molecule has 1 unspecified atom stereocenters. The highest BCUT2D eigenvalue weighted by molar-refractivity contribution is 5.87. The first-order valence-electron chi connectivity index (χ1n) is 6.55. The predicted octanol–water partition coefficient (Wildman–Crippen LogP) is 1.56. The maximum Gasteiger partial charge on any atom is 0.333 e. The first-order valence-corrected chi connectivity index (χ1v) is 6.55. The van der Waals surface area contributed by atoms with Gasteiger partial charge in [0.15, 0.2) is 6.61 Å². The average molecular weight is 321 g/mol.